The number of carbonyl (C=O) groups is 1. The van der Waals surface area contributed by atoms with Gasteiger partial charge in [-0.2, -0.15) is 18.2 Å². The van der Waals surface area contributed by atoms with E-state index in [9.17, 15) is 18.0 Å². The Balaban J connectivity index is 2.45. The standard InChI is InChI=1S/C10H6ClF3N4OS/c11-9-16-3-4(10(12,13)14)8(18-9)17-5-1-2-20-6(5)7(15)19/h1-3H,(H2,15,19)(H,16,17,18). The van der Waals surface area contributed by atoms with Crippen LogP contribution in [0.3, 0.4) is 0 Å². The zero-order chi connectivity index (χ0) is 14.9. The van der Waals surface area contributed by atoms with Crippen LogP contribution in [0.2, 0.25) is 5.28 Å². The maximum absolute atomic E-state index is 12.8. The van der Waals surface area contributed by atoms with Crippen molar-refractivity contribution in [1.82, 2.24) is 9.97 Å². The van der Waals surface area contributed by atoms with E-state index in [2.05, 4.69) is 15.3 Å². The quantitative estimate of drug-likeness (QED) is 0.851. The molecule has 0 radical (unpaired) electrons. The Hall–Kier alpha value is -1.87. The van der Waals surface area contributed by atoms with Crippen molar-refractivity contribution in [2.24, 2.45) is 5.73 Å². The Morgan fingerprint density at radius 3 is 2.75 bits per heavy atom. The Morgan fingerprint density at radius 2 is 2.15 bits per heavy atom. The van der Waals surface area contributed by atoms with Crippen LogP contribution >= 0.6 is 22.9 Å². The summed E-state index contributed by atoms with van der Waals surface area (Å²) in [4.78, 5) is 18.0. The van der Waals surface area contributed by atoms with E-state index >= 15 is 0 Å². The number of thiophene rings is 1. The molecule has 0 unspecified atom stereocenters. The van der Waals surface area contributed by atoms with Gasteiger partial charge in [0.25, 0.3) is 5.91 Å². The highest BCUT2D eigenvalue weighted by Gasteiger charge is 2.35. The van der Waals surface area contributed by atoms with Crippen molar-refractivity contribution < 1.29 is 18.0 Å². The summed E-state index contributed by atoms with van der Waals surface area (Å²) in [7, 11) is 0. The van der Waals surface area contributed by atoms with Crippen LogP contribution in [-0.2, 0) is 6.18 Å². The van der Waals surface area contributed by atoms with E-state index in [-0.39, 0.29) is 15.8 Å². The van der Waals surface area contributed by atoms with Gasteiger partial charge in [-0.05, 0) is 23.0 Å². The van der Waals surface area contributed by atoms with E-state index in [0.717, 1.165) is 11.3 Å². The van der Waals surface area contributed by atoms with Gasteiger partial charge in [0.15, 0.2) is 0 Å². The molecule has 0 fully saturated rings. The summed E-state index contributed by atoms with van der Waals surface area (Å²) in [6.45, 7) is 0. The number of nitrogens with two attached hydrogens (primary N) is 1. The third-order valence-electron chi connectivity index (χ3n) is 2.21. The number of primary amides is 1. The van der Waals surface area contributed by atoms with Gasteiger partial charge in [0.05, 0.1) is 5.69 Å². The second-order valence-electron chi connectivity index (χ2n) is 3.55. The van der Waals surface area contributed by atoms with E-state index in [0.29, 0.717) is 6.20 Å². The molecule has 0 atom stereocenters. The Kier molecular flexibility index (Phi) is 3.82. The number of nitrogens with zero attached hydrogens (tertiary/aromatic N) is 2. The third-order valence-corrected chi connectivity index (χ3v) is 3.32. The Labute approximate surface area is 119 Å². The molecular weight excluding hydrogens is 317 g/mol. The van der Waals surface area contributed by atoms with Gasteiger partial charge in [0.2, 0.25) is 5.28 Å². The highest BCUT2D eigenvalue weighted by molar-refractivity contribution is 7.12. The Bertz CT molecular complexity index is 658. The van der Waals surface area contributed by atoms with E-state index < -0.39 is 23.5 Å². The monoisotopic (exact) mass is 322 g/mol. The van der Waals surface area contributed by atoms with E-state index in [1.54, 1.807) is 0 Å². The molecule has 0 aliphatic carbocycles. The summed E-state index contributed by atoms with van der Waals surface area (Å²) in [5.41, 5.74) is 4.15. The number of anilines is 2. The molecular formula is C10H6ClF3N4OS. The molecule has 1 amide bonds. The zero-order valence-corrected chi connectivity index (χ0v) is 11.1. The fourth-order valence-electron chi connectivity index (χ4n) is 1.39. The number of carbonyl (C=O) groups excluding carboxylic acids is 1. The molecule has 20 heavy (non-hydrogen) atoms. The summed E-state index contributed by atoms with van der Waals surface area (Å²) in [6.07, 6.45) is -4.09. The molecule has 0 aliphatic heterocycles. The van der Waals surface area contributed by atoms with Crippen LogP contribution in [0.15, 0.2) is 17.6 Å². The van der Waals surface area contributed by atoms with Gasteiger partial charge in [-0.3, -0.25) is 4.79 Å². The predicted octanol–water partition coefficient (Wildman–Crippen LogP) is 3.05. The van der Waals surface area contributed by atoms with Gasteiger partial charge in [0, 0.05) is 6.20 Å². The second-order valence-corrected chi connectivity index (χ2v) is 4.81. The van der Waals surface area contributed by atoms with Gasteiger partial charge < -0.3 is 11.1 Å². The number of nitrogens with one attached hydrogen (secondary N) is 1. The summed E-state index contributed by atoms with van der Waals surface area (Å²) < 4.78 is 38.4. The lowest BCUT2D eigenvalue weighted by Gasteiger charge is -2.12. The molecule has 0 aromatic carbocycles. The molecule has 0 saturated heterocycles. The van der Waals surface area contributed by atoms with E-state index in [1.807, 2.05) is 0 Å². The first-order valence-corrected chi connectivity index (χ1v) is 6.29. The molecule has 2 rings (SSSR count). The first kappa shape index (κ1) is 14.5. The smallest absolute Gasteiger partial charge is 0.365 e. The highest BCUT2D eigenvalue weighted by Crippen LogP contribution is 2.36. The predicted molar refractivity (Wildman–Crippen MR) is 68.2 cm³/mol. The van der Waals surface area contributed by atoms with Crippen LogP contribution in [-0.4, -0.2) is 15.9 Å². The minimum atomic E-state index is -4.66. The van der Waals surface area contributed by atoms with Crippen molar-refractivity contribution in [3.05, 3.63) is 33.4 Å². The second kappa shape index (κ2) is 5.25. The van der Waals surface area contributed by atoms with Crippen LogP contribution < -0.4 is 11.1 Å². The SMILES string of the molecule is NC(=O)c1sccc1Nc1nc(Cl)ncc1C(F)(F)F. The minimum Gasteiger partial charge on any atom is -0.365 e. The van der Waals surface area contributed by atoms with Crippen molar-refractivity contribution in [2.45, 2.75) is 6.18 Å². The lowest BCUT2D eigenvalue weighted by Crippen LogP contribution is -2.14. The molecule has 0 aliphatic rings. The molecule has 0 saturated carbocycles. The summed E-state index contributed by atoms with van der Waals surface area (Å²) in [6, 6.07) is 1.42. The van der Waals surface area contributed by atoms with Crippen LogP contribution in [0.1, 0.15) is 15.2 Å². The molecule has 2 aromatic heterocycles. The zero-order valence-electron chi connectivity index (χ0n) is 9.53. The molecule has 106 valence electrons. The van der Waals surface area contributed by atoms with Crippen molar-refractivity contribution in [3.8, 4) is 0 Å². The normalized spacial score (nSPS) is 11.4. The summed E-state index contributed by atoms with van der Waals surface area (Å²) in [5.74, 6) is -1.30. The summed E-state index contributed by atoms with van der Waals surface area (Å²) in [5, 5.41) is 3.57. The lowest BCUT2D eigenvalue weighted by atomic mass is 10.3. The number of aromatic nitrogens is 2. The van der Waals surface area contributed by atoms with Gasteiger partial charge >= 0.3 is 6.18 Å². The van der Waals surface area contributed by atoms with E-state index in [1.165, 1.54) is 11.4 Å². The first-order chi connectivity index (χ1) is 9.29. The Morgan fingerprint density at radius 1 is 1.45 bits per heavy atom. The highest BCUT2D eigenvalue weighted by atomic mass is 35.5. The molecule has 2 aromatic rings. The van der Waals surface area contributed by atoms with Crippen molar-refractivity contribution in [2.75, 3.05) is 5.32 Å². The number of rotatable bonds is 3. The first-order valence-electron chi connectivity index (χ1n) is 5.03. The number of alkyl halides is 3. The summed E-state index contributed by atoms with van der Waals surface area (Å²) >= 11 is 6.49. The molecule has 2 heterocycles. The largest absolute Gasteiger partial charge is 0.421 e. The van der Waals surface area contributed by atoms with E-state index in [4.69, 9.17) is 17.3 Å². The van der Waals surface area contributed by atoms with Crippen LogP contribution in [0.25, 0.3) is 0 Å². The van der Waals surface area contributed by atoms with Crippen LogP contribution in [0.4, 0.5) is 24.7 Å². The lowest BCUT2D eigenvalue weighted by molar-refractivity contribution is -0.137. The maximum Gasteiger partial charge on any atom is 0.421 e. The number of hydrogen-bond donors (Lipinski definition) is 2. The average Bonchev–Trinajstić information content (AvgIpc) is 2.75. The van der Waals surface area contributed by atoms with Gasteiger partial charge in [-0.1, -0.05) is 0 Å². The topological polar surface area (TPSA) is 80.9 Å². The number of halogens is 4. The number of amides is 1. The van der Waals surface area contributed by atoms with Crippen LogP contribution in [0.5, 0.6) is 0 Å². The maximum atomic E-state index is 12.8. The van der Waals surface area contributed by atoms with Crippen molar-refractivity contribution in [1.29, 1.82) is 0 Å². The average molecular weight is 323 g/mol. The van der Waals surface area contributed by atoms with Gasteiger partial charge in [0.1, 0.15) is 16.3 Å². The molecule has 10 heteroatoms. The molecule has 3 N–H and O–H groups in total. The third kappa shape index (κ3) is 2.99. The van der Waals surface area contributed by atoms with Crippen LogP contribution in [0, 0.1) is 0 Å². The van der Waals surface area contributed by atoms with Crippen molar-refractivity contribution in [3.63, 3.8) is 0 Å². The fourth-order valence-corrected chi connectivity index (χ4v) is 2.22. The number of hydrogen-bond acceptors (Lipinski definition) is 5. The molecule has 0 spiro atoms. The van der Waals surface area contributed by atoms with Gasteiger partial charge in [-0.15, -0.1) is 11.3 Å². The van der Waals surface area contributed by atoms with Crippen molar-refractivity contribution >= 4 is 40.4 Å². The molecule has 5 nitrogen and oxygen atoms in total. The molecule has 0 bridgehead atoms. The van der Waals surface area contributed by atoms with Gasteiger partial charge in [-0.25, -0.2) is 4.98 Å². The fraction of sp³-hybridized carbons (Fsp3) is 0.100. The minimum absolute atomic E-state index is 0.0906.